The number of para-hydroxylation sites is 1. The Labute approximate surface area is 125 Å². The predicted octanol–water partition coefficient (Wildman–Crippen LogP) is 5.01. The largest absolute Gasteiger partial charge is 0.235 e. The molecule has 0 saturated carbocycles. The lowest BCUT2D eigenvalue weighted by atomic mass is 10.1. The van der Waals surface area contributed by atoms with E-state index in [4.69, 9.17) is 11.6 Å². The van der Waals surface area contributed by atoms with Crippen LogP contribution in [0.15, 0.2) is 48.5 Å². The van der Waals surface area contributed by atoms with Crippen molar-refractivity contribution in [3.63, 3.8) is 0 Å². The van der Waals surface area contributed by atoms with E-state index in [-0.39, 0.29) is 0 Å². The van der Waals surface area contributed by atoms with Crippen LogP contribution in [0.25, 0.3) is 21.9 Å². The molecule has 0 radical (unpaired) electrons. The maximum absolute atomic E-state index is 9.35. The highest BCUT2D eigenvalue weighted by atomic mass is 35.5. The van der Waals surface area contributed by atoms with Crippen molar-refractivity contribution >= 4 is 44.8 Å². The van der Waals surface area contributed by atoms with Crippen molar-refractivity contribution in [2.75, 3.05) is 0 Å². The van der Waals surface area contributed by atoms with E-state index in [9.17, 15) is 5.26 Å². The van der Waals surface area contributed by atoms with Gasteiger partial charge in [0.1, 0.15) is 11.1 Å². The van der Waals surface area contributed by atoms with Crippen molar-refractivity contribution in [2.45, 2.75) is 0 Å². The SMILES string of the molecule is N#C/C(=C/c1cccc(Cl)c1)c1nc2ccccc2s1. The van der Waals surface area contributed by atoms with E-state index in [0.29, 0.717) is 10.6 Å². The highest BCUT2D eigenvalue weighted by Crippen LogP contribution is 2.28. The first kappa shape index (κ1) is 12.9. The van der Waals surface area contributed by atoms with Gasteiger partial charge in [-0.2, -0.15) is 5.26 Å². The first-order valence-electron chi connectivity index (χ1n) is 5.99. The standard InChI is InChI=1S/C16H9ClN2S/c17-13-5-3-4-11(9-13)8-12(10-18)16-19-14-6-1-2-7-15(14)20-16/h1-9H/b12-8-. The van der Waals surface area contributed by atoms with Gasteiger partial charge in [0.15, 0.2) is 0 Å². The fourth-order valence-corrected chi connectivity index (χ4v) is 3.02. The van der Waals surface area contributed by atoms with Gasteiger partial charge in [-0.3, -0.25) is 0 Å². The molecular formula is C16H9ClN2S. The van der Waals surface area contributed by atoms with Gasteiger partial charge in [-0.25, -0.2) is 4.98 Å². The number of hydrogen-bond acceptors (Lipinski definition) is 3. The summed E-state index contributed by atoms with van der Waals surface area (Å²) in [5.41, 5.74) is 2.36. The molecule has 96 valence electrons. The van der Waals surface area contributed by atoms with Crippen LogP contribution in [0.4, 0.5) is 0 Å². The number of hydrogen-bond donors (Lipinski definition) is 0. The fourth-order valence-electron chi connectivity index (χ4n) is 1.89. The predicted molar refractivity (Wildman–Crippen MR) is 84.6 cm³/mol. The van der Waals surface area contributed by atoms with Crippen LogP contribution in [0.5, 0.6) is 0 Å². The van der Waals surface area contributed by atoms with Gasteiger partial charge in [-0.15, -0.1) is 11.3 Å². The Morgan fingerprint density at radius 3 is 2.80 bits per heavy atom. The first-order valence-corrected chi connectivity index (χ1v) is 7.19. The van der Waals surface area contributed by atoms with E-state index in [1.54, 1.807) is 0 Å². The maximum Gasteiger partial charge on any atom is 0.135 e. The summed E-state index contributed by atoms with van der Waals surface area (Å²) in [4.78, 5) is 4.50. The minimum absolute atomic E-state index is 0.550. The van der Waals surface area contributed by atoms with Crippen molar-refractivity contribution in [1.82, 2.24) is 4.98 Å². The number of nitriles is 1. The van der Waals surface area contributed by atoms with Gasteiger partial charge in [0.25, 0.3) is 0 Å². The third kappa shape index (κ3) is 2.57. The Bertz CT molecular complexity index is 810. The average Bonchev–Trinajstić information content (AvgIpc) is 2.88. The summed E-state index contributed by atoms with van der Waals surface area (Å²) in [6.45, 7) is 0. The molecule has 0 aliphatic carbocycles. The van der Waals surface area contributed by atoms with Crippen molar-refractivity contribution in [3.8, 4) is 6.07 Å². The highest BCUT2D eigenvalue weighted by Gasteiger charge is 2.08. The van der Waals surface area contributed by atoms with Crippen molar-refractivity contribution in [2.24, 2.45) is 0 Å². The summed E-state index contributed by atoms with van der Waals surface area (Å²) >= 11 is 7.48. The highest BCUT2D eigenvalue weighted by molar-refractivity contribution is 7.19. The third-order valence-electron chi connectivity index (χ3n) is 2.80. The summed E-state index contributed by atoms with van der Waals surface area (Å²) in [7, 11) is 0. The van der Waals surface area contributed by atoms with Gasteiger partial charge in [0.2, 0.25) is 0 Å². The Morgan fingerprint density at radius 2 is 2.05 bits per heavy atom. The molecule has 2 aromatic carbocycles. The van der Waals surface area contributed by atoms with Crippen molar-refractivity contribution in [1.29, 1.82) is 5.26 Å². The molecule has 1 heterocycles. The van der Waals surface area contributed by atoms with Crippen LogP contribution >= 0.6 is 22.9 Å². The van der Waals surface area contributed by atoms with Gasteiger partial charge >= 0.3 is 0 Å². The molecule has 0 bridgehead atoms. The second-order valence-corrected chi connectivity index (χ2v) is 5.68. The molecule has 2 nitrogen and oxygen atoms in total. The second-order valence-electron chi connectivity index (χ2n) is 4.21. The van der Waals surface area contributed by atoms with Crippen molar-refractivity contribution in [3.05, 3.63) is 64.1 Å². The molecule has 0 amide bonds. The van der Waals surface area contributed by atoms with E-state index in [0.717, 1.165) is 20.8 Å². The number of nitrogens with zero attached hydrogens (tertiary/aromatic N) is 2. The van der Waals surface area contributed by atoms with Crippen LogP contribution < -0.4 is 0 Å². The number of benzene rings is 2. The molecule has 0 aliphatic rings. The van der Waals surface area contributed by atoms with Gasteiger partial charge in [0, 0.05) is 5.02 Å². The average molecular weight is 297 g/mol. The van der Waals surface area contributed by atoms with Gasteiger partial charge < -0.3 is 0 Å². The Hall–Kier alpha value is -2.15. The van der Waals surface area contributed by atoms with Crippen LogP contribution in [0.3, 0.4) is 0 Å². The lowest BCUT2D eigenvalue weighted by Crippen LogP contribution is -1.80. The van der Waals surface area contributed by atoms with Crippen LogP contribution in [0.2, 0.25) is 5.02 Å². The maximum atomic E-state index is 9.35. The molecule has 0 aliphatic heterocycles. The van der Waals surface area contributed by atoms with Gasteiger partial charge in [0.05, 0.1) is 15.8 Å². The number of halogens is 1. The number of rotatable bonds is 2. The zero-order valence-corrected chi connectivity index (χ0v) is 11.9. The first-order chi connectivity index (χ1) is 9.76. The molecule has 3 rings (SSSR count). The molecular weight excluding hydrogens is 288 g/mol. The Balaban J connectivity index is 2.07. The quantitative estimate of drug-likeness (QED) is 0.623. The van der Waals surface area contributed by atoms with E-state index >= 15 is 0 Å². The fraction of sp³-hybridized carbons (Fsp3) is 0. The molecule has 0 spiro atoms. The molecule has 0 N–H and O–H groups in total. The summed E-state index contributed by atoms with van der Waals surface area (Å²) in [5, 5.41) is 10.7. The van der Waals surface area contributed by atoms with Crippen LogP contribution in [0.1, 0.15) is 10.6 Å². The minimum Gasteiger partial charge on any atom is -0.235 e. The van der Waals surface area contributed by atoms with Gasteiger partial charge in [-0.1, -0.05) is 35.9 Å². The van der Waals surface area contributed by atoms with Crippen LogP contribution in [-0.2, 0) is 0 Å². The molecule has 1 aromatic heterocycles. The van der Waals surface area contributed by atoms with E-state index in [1.165, 1.54) is 11.3 Å². The van der Waals surface area contributed by atoms with Crippen LogP contribution in [-0.4, -0.2) is 4.98 Å². The zero-order chi connectivity index (χ0) is 13.9. The smallest absolute Gasteiger partial charge is 0.135 e. The summed E-state index contributed by atoms with van der Waals surface area (Å²) in [6, 6.07) is 17.5. The monoisotopic (exact) mass is 296 g/mol. The van der Waals surface area contributed by atoms with Crippen LogP contribution in [0, 0.1) is 11.3 Å². The molecule has 0 unspecified atom stereocenters. The molecule has 0 fully saturated rings. The number of fused-ring (bicyclic) bond motifs is 1. The Kier molecular flexibility index (Phi) is 3.51. The van der Waals surface area contributed by atoms with Crippen molar-refractivity contribution < 1.29 is 0 Å². The number of aromatic nitrogens is 1. The molecule has 3 aromatic rings. The third-order valence-corrected chi connectivity index (χ3v) is 4.11. The minimum atomic E-state index is 0.550. The number of allylic oxidation sites excluding steroid dienone is 1. The summed E-state index contributed by atoms with van der Waals surface area (Å²) in [6.07, 6.45) is 1.81. The van der Waals surface area contributed by atoms with E-state index in [1.807, 2.05) is 54.6 Å². The molecule has 0 atom stereocenters. The lowest BCUT2D eigenvalue weighted by Gasteiger charge is -1.96. The summed E-state index contributed by atoms with van der Waals surface area (Å²) in [5.74, 6) is 0. The van der Waals surface area contributed by atoms with Gasteiger partial charge in [-0.05, 0) is 35.9 Å². The molecule has 20 heavy (non-hydrogen) atoms. The van der Waals surface area contributed by atoms with E-state index in [2.05, 4.69) is 11.1 Å². The molecule has 4 heteroatoms. The second kappa shape index (κ2) is 5.46. The topological polar surface area (TPSA) is 36.7 Å². The lowest BCUT2D eigenvalue weighted by molar-refractivity contribution is 1.43. The normalized spacial score (nSPS) is 11.5. The van der Waals surface area contributed by atoms with E-state index < -0.39 is 0 Å². The number of thiazole rings is 1. The zero-order valence-electron chi connectivity index (χ0n) is 10.4. The molecule has 0 saturated heterocycles. The summed E-state index contributed by atoms with van der Waals surface area (Å²) < 4.78 is 1.08. The Morgan fingerprint density at radius 1 is 1.20 bits per heavy atom.